The molecule has 1 rings (SSSR count). The maximum Gasteiger partial charge on any atom is 0.221 e. The van der Waals surface area contributed by atoms with Crippen molar-refractivity contribution in [3.8, 4) is 0 Å². The second-order valence-electron chi connectivity index (χ2n) is 5.02. The molecule has 2 N–H and O–H groups in total. The zero-order valence-corrected chi connectivity index (χ0v) is 10.8. The predicted molar refractivity (Wildman–Crippen MR) is 68.5 cm³/mol. The van der Waals surface area contributed by atoms with Gasteiger partial charge >= 0.3 is 0 Å². The predicted octanol–water partition coefficient (Wildman–Crippen LogP) is 1.48. The average molecular weight is 235 g/mol. The van der Waals surface area contributed by atoms with Gasteiger partial charge in [0.1, 0.15) is 0 Å². The molecule has 0 atom stereocenters. The van der Waals surface area contributed by atoms with Crippen LogP contribution in [0.15, 0.2) is 24.4 Å². The van der Waals surface area contributed by atoms with Gasteiger partial charge in [0.25, 0.3) is 0 Å². The highest BCUT2D eigenvalue weighted by atomic mass is 16.1. The standard InChI is InChI=1S/C13H21N3O/c1-13(2,3)16-9-7-12(17)15-10-11-6-4-5-8-14-11/h4-6,8,16H,7,9-10H2,1-3H3,(H,15,17). The summed E-state index contributed by atoms with van der Waals surface area (Å²) < 4.78 is 0. The molecule has 4 nitrogen and oxygen atoms in total. The van der Waals surface area contributed by atoms with E-state index in [4.69, 9.17) is 0 Å². The minimum absolute atomic E-state index is 0.0485. The zero-order chi connectivity index (χ0) is 12.7. The summed E-state index contributed by atoms with van der Waals surface area (Å²) in [6.07, 6.45) is 2.22. The van der Waals surface area contributed by atoms with Crippen LogP contribution in [0.1, 0.15) is 32.9 Å². The highest BCUT2D eigenvalue weighted by molar-refractivity contribution is 5.75. The molecule has 1 aromatic heterocycles. The molecule has 0 unspecified atom stereocenters. The summed E-state index contributed by atoms with van der Waals surface area (Å²) in [5.74, 6) is 0.0485. The van der Waals surface area contributed by atoms with Crippen molar-refractivity contribution in [1.29, 1.82) is 0 Å². The van der Waals surface area contributed by atoms with Crippen molar-refractivity contribution in [3.05, 3.63) is 30.1 Å². The summed E-state index contributed by atoms with van der Waals surface area (Å²) in [6, 6.07) is 5.67. The molecule has 0 saturated carbocycles. The first kappa shape index (κ1) is 13.6. The van der Waals surface area contributed by atoms with Gasteiger partial charge < -0.3 is 10.6 Å². The first-order valence-corrected chi connectivity index (χ1v) is 5.89. The number of aromatic nitrogens is 1. The van der Waals surface area contributed by atoms with Gasteiger partial charge in [-0.1, -0.05) is 6.07 Å². The SMILES string of the molecule is CC(C)(C)NCCC(=O)NCc1ccccn1. The van der Waals surface area contributed by atoms with Gasteiger partial charge in [-0.05, 0) is 32.9 Å². The molecule has 0 aromatic carbocycles. The number of amides is 1. The number of hydrogen-bond donors (Lipinski definition) is 2. The molecular weight excluding hydrogens is 214 g/mol. The average Bonchev–Trinajstić information content (AvgIpc) is 2.26. The first-order chi connectivity index (χ1) is 7.97. The fourth-order valence-electron chi connectivity index (χ4n) is 1.33. The quantitative estimate of drug-likeness (QED) is 0.812. The third kappa shape index (κ3) is 6.68. The van der Waals surface area contributed by atoms with Crippen LogP contribution in [0.25, 0.3) is 0 Å². The summed E-state index contributed by atoms with van der Waals surface area (Å²) in [7, 11) is 0. The Kier molecular flexibility index (Phi) is 5.10. The van der Waals surface area contributed by atoms with E-state index in [1.165, 1.54) is 0 Å². The summed E-state index contributed by atoms with van der Waals surface area (Å²) >= 11 is 0. The van der Waals surface area contributed by atoms with Crippen molar-refractivity contribution >= 4 is 5.91 Å². The normalized spacial score (nSPS) is 11.2. The number of nitrogens with one attached hydrogen (secondary N) is 2. The van der Waals surface area contributed by atoms with Crippen molar-refractivity contribution in [3.63, 3.8) is 0 Å². The molecule has 1 aromatic rings. The molecule has 0 fully saturated rings. The topological polar surface area (TPSA) is 54.0 Å². The Labute approximate surface area is 103 Å². The summed E-state index contributed by atoms with van der Waals surface area (Å²) in [5, 5.41) is 6.12. The highest BCUT2D eigenvalue weighted by Crippen LogP contribution is 1.98. The van der Waals surface area contributed by atoms with Crippen LogP contribution in [-0.4, -0.2) is 23.0 Å². The van der Waals surface area contributed by atoms with E-state index in [0.29, 0.717) is 19.5 Å². The highest BCUT2D eigenvalue weighted by Gasteiger charge is 2.09. The van der Waals surface area contributed by atoms with Crippen molar-refractivity contribution in [2.75, 3.05) is 6.54 Å². The zero-order valence-electron chi connectivity index (χ0n) is 10.8. The molecule has 0 aliphatic heterocycles. The lowest BCUT2D eigenvalue weighted by atomic mass is 10.1. The Morgan fingerprint density at radius 3 is 2.71 bits per heavy atom. The fraction of sp³-hybridized carbons (Fsp3) is 0.538. The van der Waals surface area contributed by atoms with Gasteiger partial charge in [0.15, 0.2) is 0 Å². The van der Waals surface area contributed by atoms with E-state index in [1.54, 1.807) is 6.20 Å². The van der Waals surface area contributed by atoms with Crippen molar-refractivity contribution in [2.45, 2.75) is 39.3 Å². The number of rotatable bonds is 5. The summed E-state index contributed by atoms with van der Waals surface area (Å²) in [5.41, 5.74) is 0.936. The lowest BCUT2D eigenvalue weighted by molar-refractivity contribution is -0.121. The molecular formula is C13H21N3O. The fourth-order valence-corrected chi connectivity index (χ4v) is 1.33. The molecule has 1 amide bonds. The van der Waals surface area contributed by atoms with Gasteiger partial charge in [-0.2, -0.15) is 0 Å². The molecule has 0 spiro atoms. The summed E-state index contributed by atoms with van der Waals surface area (Å²) in [4.78, 5) is 15.7. The molecule has 4 heteroatoms. The van der Waals surface area contributed by atoms with Crippen LogP contribution >= 0.6 is 0 Å². The molecule has 17 heavy (non-hydrogen) atoms. The largest absolute Gasteiger partial charge is 0.350 e. The third-order valence-electron chi connectivity index (χ3n) is 2.20. The maximum absolute atomic E-state index is 11.5. The van der Waals surface area contributed by atoms with Gasteiger partial charge in [-0.15, -0.1) is 0 Å². The Bertz CT molecular complexity index is 343. The van der Waals surface area contributed by atoms with Gasteiger partial charge in [0.2, 0.25) is 5.91 Å². The minimum Gasteiger partial charge on any atom is -0.350 e. The van der Waals surface area contributed by atoms with E-state index in [1.807, 2.05) is 18.2 Å². The van der Waals surface area contributed by atoms with Crippen LogP contribution < -0.4 is 10.6 Å². The van der Waals surface area contributed by atoms with Crippen molar-refractivity contribution < 1.29 is 4.79 Å². The molecule has 94 valence electrons. The first-order valence-electron chi connectivity index (χ1n) is 5.89. The van der Waals surface area contributed by atoms with Gasteiger partial charge in [0.05, 0.1) is 12.2 Å². The summed E-state index contributed by atoms with van der Waals surface area (Å²) in [6.45, 7) is 7.43. The molecule has 0 aliphatic rings. The van der Waals surface area contributed by atoms with E-state index in [-0.39, 0.29) is 11.4 Å². The van der Waals surface area contributed by atoms with Crippen LogP contribution in [0.5, 0.6) is 0 Å². The number of pyridine rings is 1. The minimum atomic E-state index is 0.0485. The van der Waals surface area contributed by atoms with E-state index < -0.39 is 0 Å². The Hall–Kier alpha value is -1.42. The second kappa shape index (κ2) is 6.35. The Balaban J connectivity index is 2.18. The van der Waals surface area contributed by atoms with Gasteiger partial charge in [-0.3, -0.25) is 9.78 Å². The molecule has 0 aliphatic carbocycles. The number of carbonyl (C=O) groups is 1. The van der Waals surface area contributed by atoms with Gasteiger partial charge in [0, 0.05) is 24.7 Å². The van der Waals surface area contributed by atoms with E-state index in [9.17, 15) is 4.79 Å². The van der Waals surface area contributed by atoms with Crippen LogP contribution in [0.3, 0.4) is 0 Å². The van der Waals surface area contributed by atoms with E-state index >= 15 is 0 Å². The molecule has 0 saturated heterocycles. The van der Waals surface area contributed by atoms with Crippen molar-refractivity contribution in [2.24, 2.45) is 0 Å². The molecule has 0 radical (unpaired) electrons. The van der Waals surface area contributed by atoms with Crippen LogP contribution in [0.4, 0.5) is 0 Å². The smallest absolute Gasteiger partial charge is 0.221 e. The lowest BCUT2D eigenvalue weighted by Crippen LogP contribution is -2.38. The molecule has 0 bridgehead atoms. The van der Waals surface area contributed by atoms with Crippen LogP contribution in [0.2, 0.25) is 0 Å². The Morgan fingerprint density at radius 1 is 1.35 bits per heavy atom. The second-order valence-corrected chi connectivity index (χ2v) is 5.02. The van der Waals surface area contributed by atoms with Crippen molar-refractivity contribution in [1.82, 2.24) is 15.6 Å². The third-order valence-corrected chi connectivity index (χ3v) is 2.20. The Morgan fingerprint density at radius 2 is 2.12 bits per heavy atom. The number of hydrogen-bond acceptors (Lipinski definition) is 3. The van der Waals surface area contributed by atoms with Gasteiger partial charge in [-0.25, -0.2) is 0 Å². The monoisotopic (exact) mass is 235 g/mol. The van der Waals surface area contributed by atoms with E-state index in [0.717, 1.165) is 5.69 Å². The lowest BCUT2D eigenvalue weighted by Gasteiger charge is -2.20. The molecule has 1 heterocycles. The number of nitrogens with zero attached hydrogens (tertiary/aromatic N) is 1. The van der Waals surface area contributed by atoms with Crippen LogP contribution in [0, 0.1) is 0 Å². The van der Waals surface area contributed by atoms with Crippen LogP contribution in [-0.2, 0) is 11.3 Å². The maximum atomic E-state index is 11.5. The number of carbonyl (C=O) groups excluding carboxylic acids is 1. The van der Waals surface area contributed by atoms with E-state index in [2.05, 4.69) is 36.4 Å².